The van der Waals surface area contributed by atoms with E-state index in [9.17, 15) is 31.5 Å². The molecule has 0 bridgehead atoms. The average Bonchev–Trinajstić information content (AvgIpc) is 3.23. The van der Waals surface area contributed by atoms with Crippen molar-refractivity contribution in [2.24, 2.45) is 0 Å². The molecule has 2 atom stereocenters. The van der Waals surface area contributed by atoms with Crippen LogP contribution >= 0.6 is 0 Å². The number of pyridine rings is 1. The monoisotopic (exact) mass is 591 g/mol. The molecule has 2 amide bonds. The second-order valence-corrected chi connectivity index (χ2v) is 10.7. The van der Waals surface area contributed by atoms with Gasteiger partial charge in [0.05, 0.1) is 5.69 Å². The molecule has 2 aliphatic rings. The minimum Gasteiger partial charge on any atom is -0.379 e. The number of alkyl halides is 3. The van der Waals surface area contributed by atoms with Crippen LogP contribution in [0, 0.1) is 11.6 Å². The molecular formula is C28H30F5N7O2. The van der Waals surface area contributed by atoms with Crippen LogP contribution in [0.1, 0.15) is 61.2 Å². The Hall–Kier alpha value is -4.10. The minimum absolute atomic E-state index is 0.0105. The predicted molar refractivity (Wildman–Crippen MR) is 143 cm³/mol. The van der Waals surface area contributed by atoms with Crippen LogP contribution in [0.15, 0.2) is 36.5 Å². The maximum absolute atomic E-state index is 14.7. The van der Waals surface area contributed by atoms with Gasteiger partial charge in [0.2, 0.25) is 12.3 Å². The van der Waals surface area contributed by atoms with E-state index < -0.39 is 36.1 Å². The topological polar surface area (TPSA) is 105 Å². The van der Waals surface area contributed by atoms with E-state index in [-0.39, 0.29) is 42.1 Å². The number of likely N-dealkylation sites (tertiary alicyclic amines) is 1. The van der Waals surface area contributed by atoms with Gasteiger partial charge >= 0.3 is 6.18 Å². The van der Waals surface area contributed by atoms with Crippen LogP contribution in [0.2, 0.25) is 0 Å². The zero-order valence-electron chi connectivity index (χ0n) is 22.6. The Morgan fingerprint density at radius 3 is 2.57 bits per heavy atom. The van der Waals surface area contributed by atoms with Crippen molar-refractivity contribution in [3.63, 3.8) is 0 Å². The van der Waals surface area contributed by atoms with Crippen molar-refractivity contribution < 1.29 is 31.5 Å². The molecule has 224 valence electrons. The highest BCUT2D eigenvalue weighted by Crippen LogP contribution is 2.38. The van der Waals surface area contributed by atoms with E-state index in [0.717, 1.165) is 6.07 Å². The lowest BCUT2D eigenvalue weighted by Crippen LogP contribution is -2.42. The first-order valence-corrected chi connectivity index (χ1v) is 13.7. The predicted octanol–water partition coefficient (Wildman–Crippen LogP) is 4.78. The molecule has 2 unspecified atom stereocenters. The lowest BCUT2D eigenvalue weighted by molar-refractivity contribution is -0.133. The average molecular weight is 592 g/mol. The molecule has 5 rings (SSSR count). The van der Waals surface area contributed by atoms with E-state index >= 15 is 0 Å². The molecule has 1 saturated heterocycles. The minimum atomic E-state index is -4.54. The zero-order valence-corrected chi connectivity index (χ0v) is 22.6. The fraction of sp³-hybridized carbons (Fsp3) is 0.464. The number of amides is 2. The smallest absolute Gasteiger partial charge is 0.379 e. The van der Waals surface area contributed by atoms with Crippen molar-refractivity contribution >= 4 is 23.8 Å². The van der Waals surface area contributed by atoms with Crippen LogP contribution in [-0.2, 0) is 22.6 Å². The van der Waals surface area contributed by atoms with Gasteiger partial charge in [0.25, 0.3) is 0 Å². The van der Waals surface area contributed by atoms with Crippen LogP contribution in [0.25, 0.3) is 0 Å². The molecule has 0 saturated carbocycles. The molecular weight excluding hydrogens is 561 g/mol. The molecule has 4 heterocycles. The number of halogens is 5. The summed E-state index contributed by atoms with van der Waals surface area (Å²) >= 11 is 0. The summed E-state index contributed by atoms with van der Waals surface area (Å²) in [6, 6.07) is 7.38. The van der Waals surface area contributed by atoms with Gasteiger partial charge in [0, 0.05) is 50.1 Å². The van der Waals surface area contributed by atoms with E-state index in [1.165, 1.54) is 16.7 Å². The fourth-order valence-corrected chi connectivity index (χ4v) is 5.81. The Balaban J connectivity index is 1.28. The Labute approximate surface area is 238 Å². The molecule has 9 nitrogen and oxygen atoms in total. The molecule has 2 aromatic heterocycles. The van der Waals surface area contributed by atoms with Gasteiger partial charge in [-0.2, -0.15) is 13.2 Å². The lowest BCUT2D eigenvalue weighted by atomic mass is 9.89. The quantitative estimate of drug-likeness (QED) is 0.289. The van der Waals surface area contributed by atoms with E-state index in [0.29, 0.717) is 56.7 Å². The summed E-state index contributed by atoms with van der Waals surface area (Å²) in [5.41, 5.74) is 0.750. The van der Waals surface area contributed by atoms with Crippen LogP contribution in [-0.4, -0.2) is 62.3 Å². The zero-order chi connectivity index (χ0) is 29.9. The molecule has 42 heavy (non-hydrogen) atoms. The summed E-state index contributed by atoms with van der Waals surface area (Å²) < 4.78 is 70.0. The Morgan fingerprint density at radius 1 is 1.05 bits per heavy atom. The van der Waals surface area contributed by atoms with Crippen LogP contribution in [0.5, 0.6) is 0 Å². The third kappa shape index (κ3) is 6.68. The van der Waals surface area contributed by atoms with Crippen molar-refractivity contribution in [2.45, 2.75) is 69.1 Å². The van der Waals surface area contributed by atoms with E-state index in [4.69, 9.17) is 0 Å². The first-order valence-electron chi connectivity index (χ1n) is 13.7. The molecule has 14 heteroatoms. The maximum atomic E-state index is 14.7. The van der Waals surface area contributed by atoms with Crippen molar-refractivity contribution in [2.75, 3.05) is 23.7 Å². The number of hydrogen-bond donors (Lipinski definition) is 2. The van der Waals surface area contributed by atoms with Gasteiger partial charge in [-0.25, -0.2) is 13.8 Å². The second kappa shape index (κ2) is 12.4. The third-order valence-corrected chi connectivity index (χ3v) is 7.90. The van der Waals surface area contributed by atoms with Gasteiger partial charge in [-0.3, -0.25) is 9.59 Å². The van der Waals surface area contributed by atoms with Crippen LogP contribution < -0.4 is 10.6 Å². The number of nitrogens with one attached hydrogen (secondary N) is 2. The van der Waals surface area contributed by atoms with Crippen molar-refractivity contribution in [3.05, 3.63) is 65.4 Å². The fourth-order valence-electron chi connectivity index (χ4n) is 5.81. The number of carbonyl (C=O) groups is 2. The van der Waals surface area contributed by atoms with Gasteiger partial charge in [0.1, 0.15) is 18.1 Å². The summed E-state index contributed by atoms with van der Waals surface area (Å²) in [6.07, 6.45) is -1.78. The van der Waals surface area contributed by atoms with E-state index in [1.807, 2.05) is 0 Å². The molecule has 2 aliphatic heterocycles. The van der Waals surface area contributed by atoms with Crippen LogP contribution in [0.4, 0.5) is 33.5 Å². The summed E-state index contributed by atoms with van der Waals surface area (Å²) in [5.74, 6) is -3.02. The summed E-state index contributed by atoms with van der Waals surface area (Å²) in [4.78, 5) is 30.1. The van der Waals surface area contributed by atoms with Crippen molar-refractivity contribution in [1.29, 1.82) is 0 Å². The molecule has 2 N–H and O–H groups in total. The number of benzene rings is 1. The third-order valence-electron chi connectivity index (χ3n) is 7.90. The largest absolute Gasteiger partial charge is 0.396 e. The first-order chi connectivity index (χ1) is 20.1. The number of hydrogen-bond acceptors (Lipinski definition) is 6. The molecule has 1 aromatic carbocycles. The summed E-state index contributed by atoms with van der Waals surface area (Å²) in [7, 11) is 0. The number of piperidine rings is 1. The van der Waals surface area contributed by atoms with Gasteiger partial charge < -0.3 is 20.1 Å². The van der Waals surface area contributed by atoms with Crippen molar-refractivity contribution in [3.8, 4) is 0 Å². The number of fused-ring (bicyclic) bond motifs is 1. The highest BCUT2D eigenvalue weighted by Gasteiger charge is 2.36. The van der Waals surface area contributed by atoms with Crippen LogP contribution in [0.3, 0.4) is 0 Å². The normalized spacial score (nSPS) is 19.6. The van der Waals surface area contributed by atoms with Gasteiger partial charge in [-0.1, -0.05) is 12.1 Å². The second-order valence-electron chi connectivity index (χ2n) is 10.7. The Morgan fingerprint density at radius 2 is 1.83 bits per heavy atom. The lowest BCUT2D eigenvalue weighted by Gasteiger charge is -2.33. The van der Waals surface area contributed by atoms with Gasteiger partial charge in [-0.15, -0.1) is 10.2 Å². The number of anilines is 2. The van der Waals surface area contributed by atoms with E-state index in [1.54, 1.807) is 23.2 Å². The van der Waals surface area contributed by atoms with Crippen molar-refractivity contribution in [1.82, 2.24) is 24.6 Å². The number of carbonyl (C=O) groups excluding carboxylic acids is 2. The SMILES string of the molecule is O=CNc1ncccc1NC1CCN(C(=O)CC2CCC(c3cccc(F)c3F)Cn3c(CC(F)(F)F)nnc32)CC1. The Bertz CT molecular complexity index is 1420. The molecule has 1 fully saturated rings. The van der Waals surface area contributed by atoms with Gasteiger partial charge in [-0.05, 0) is 49.4 Å². The summed E-state index contributed by atoms with van der Waals surface area (Å²) in [5, 5.41) is 13.8. The molecule has 3 aromatic rings. The van der Waals surface area contributed by atoms with Gasteiger partial charge in [0.15, 0.2) is 17.5 Å². The highest BCUT2D eigenvalue weighted by atomic mass is 19.4. The first kappa shape index (κ1) is 29.4. The molecule has 0 aliphatic carbocycles. The molecule has 0 radical (unpaired) electrons. The number of aromatic nitrogens is 4. The number of rotatable bonds is 8. The Kier molecular flexibility index (Phi) is 8.69. The highest BCUT2D eigenvalue weighted by molar-refractivity contribution is 5.78. The molecule has 0 spiro atoms. The maximum Gasteiger partial charge on any atom is 0.396 e. The standard InChI is InChI=1S/C28H30F5N7O2/c29-21-4-1-3-20(25(21)30)18-7-6-17(27-38-37-23(40(27)15-18)14-28(31,32)33)13-24(42)39-11-8-19(9-12-39)36-22-5-2-10-34-26(22)35-16-41/h1-5,10,16-19,36H,6-9,11-15H2,(H,34,35,41). The van der Waals surface area contributed by atoms with E-state index in [2.05, 4.69) is 25.8 Å². The number of nitrogens with zero attached hydrogens (tertiary/aromatic N) is 5. The summed E-state index contributed by atoms with van der Waals surface area (Å²) in [6.45, 7) is 0.872.